The van der Waals surface area contributed by atoms with Gasteiger partial charge in [-0.1, -0.05) is 36.8 Å². The summed E-state index contributed by atoms with van der Waals surface area (Å²) >= 11 is 0. The van der Waals surface area contributed by atoms with Gasteiger partial charge in [-0.2, -0.15) is 15.0 Å². The molecule has 3 aromatic rings. The fourth-order valence-electron chi connectivity index (χ4n) is 8.24. The summed E-state index contributed by atoms with van der Waals surface area (Å²) in [6.45, 7) is 5.22. The first kappa shape index (κ1) is 29.3. The molecule has 9 nitrogen and oxygen atoms in total. The topological polar surface area (TPSA) is 102 Å². The van der Waals surface area contributed by atoms with E-state index in [2.05, 4.69) is 45.0 Å². The number of morpholine rings is 1. The van der Waals surface area contributed by atoms with Gasteiger partial charge in [-0.05, 0) is 88.5 Å². The minimum absolute atomic E-state index is 0.0182. The van der Waals surface area contributed by atoms with Gasteiger partial charge in [0.25, 0.3) is 5.16 Å². The molecule has 10 heteroatoms. The third-order valence-electron chi connectivity index (χ3n) is 11.7. The van der Waals surface area contributed by atoms with Gasteiger partial charge in [0, 0.05) is 24.0 Å². The van der Waals surface area contributed by atoms with Crippen LogP contribution in [0.4, 0.5) is 11.8 Å². The lowest BCUT2D eigenvalue weighted by atomic mass is 9.78. The molecular formula is C35H44N6O3S. The van der Waals surface area contributed by atoms with E-state index in [4.69, 9.17) is 26.1 Å². The van der Waals surface area contributed by atoms with Gasteiger partial charge in [0.1, 0.15) is 5.52 Å². The highest BCUT2D eigenvalue weighted by atomic mass is 32.2. The number of hydrogen-bond acceptors (Lipinski definition) is 8. The molecule has 0 unspecified atom stereocenters. The van der Waals surface area contributed by atoms with Crippen LogP contribution < -0.4 is 10.2 Å². The third-order valence-corrected chi connectivity index (χ3v) is 13.6. The third kappa shape index (κ3) is 4.84. The van der Waals surface area contributed by atoms with Gasteiger partial charge in [0.15, 0.2) is 11.5 Å². The zero-order valence-electron chi connectivity index (χ0n) is 26.4. The Bertz CT molecular complexity index is 1750. The number of ether oxygens (including phenoxy) is 1. The Morgan fingerprint density at radius 1 is 1.04 bits per heavy atom. The highest BCUT2D eigenvalue weighted by molar-refractivity contribution is 7.91. The van der Waals surface area contributed by atoms with Gasteiger partial charge in [-0.25, -0.2) is 8.42 Å². The molecule has 3 heterocycles. The molecule has 0 amide bonds. The number of benzene rings is 1. The molecule has 2 atom stereocenters. The average Bonchev–Trinajstić information content (AvgIpc) is 3.91. The quantitative estimate of drug-likeness (QED) is 0.236. The van der Waals surface area contributed by atoms with E-state index in [0.29, 0.717) is 43.1 Å². The van der Waals surface area contributed by atoms with E-state index in [1.807, 2.05) is 6.07 Å². The maximum absolute atomic E-state index is 13.6. The molecule has 0 radical (unpaired) electrons. The average molecular weight is 629 g/mol. The van der Waals surface area contributed by atoms with Crippen LogP contribution >= 0.6 is 0 Å². The maximum Gasteiger partial charge on any atom is 0.251 e. The van der Waals surface area contributed by atoms with Crippen LogP contribution in [-0.4, -0.2) is 58.5 Å². The number of rotatable bonds is 8. The SMILES string of the molecule is C#CC1CCC2(CC1)C[C@H]2n1c(N2CCOC[C@H]2c2ccccc2)nc2nc(S(=O)(=O)C(C)C)nc(NC3(C4CCC4)CC3)c21. The Morgan fingerprint density at radius 3 is 2.44 bits per heavy atom. The summed E-state index contributed by atoms with van der Waals surface area (Å²) < 4.78 is 35.5. The first-order valence-electron chi connectivity index (χ1n) is 16.9. The van der Waals surface area contributed by atoms with E-state index in [0.717, 1.165) is 56.4 Å². The molecule has 4 aliphatic carbocycles. The molecule has 1 aliphatic heterocycles. The molecule has 2 aromatic heterocycles. The van der Waals surface area contributed by atoms with E-state index >= 15 is 0 Å². The highest BCUT2D eigenvalue weighted by Crippen LogP contribution is 2.66. The molecule has 4 saturated carbocycles. The minimum Gasteiger partial charge on any atom is -0.377 e. The molecule has 8 rings (SSSR count). The van der Waals surface area contributed by atoms with Gasteiger partial charge in [0.05, 0.1) is 24.5 Å². The van der Waals surface area contributed by atoms with Crippen LogP contribution in [-0.2, 0) is 14.6 Å². The van der Waals surface area contributed by atoms with Crippen molar-refractivity contribution in [1.82, 2.24) is 19.5 Å². The van der Waals surface area contributed by atoms with Crippen molar-refractivity contribution < 1.29 is 13.2 Å². The molecule has 0 bridgehead atoms. The molecule has 1 saturated heterocycles. The van der Waals surface area contributed by atoms with Crippen LogP contribution in [0.2, 0.25) is 0 Å². The van der Waals surface area contributed by atoms with E-state index in [1.54, 1.807) is 13.8 Å². The molecule has 238 valence electrons. The second kappa shape index (κ2) is 10.7. The summed E-state index contributed by atoms with van der Waals surface area (Å²) in [5.41, 5.74) is 2.62. The van der Waals surface area contributed by atoms with Crippen molar-refractivity contribution in [2.75, 3.05) is 30.0 Å². The van der Waals surface area contributed by atoms with E-state index in [-0.39, 0.29) is 28.2 Å². The van der Waals surface area contributed by atoms with Crippen LogP contribution in [0.15, 0.2) is 35.5 Å². The Kier molecular flexibility index (Phi) is 6.96. The standard InChI is InChI=1S/C35H44N6O3S/c1-4-24-13-15-34(16-14-24)21-28(34)41-29-30(38-33(41)40-19-20-44-22-27(40)25-9-6-5-7-10-25)36-32(45(42,43)23(2)3)37-31(29)39-35(17-18-35)26-11-8-12-26/h1,5-7,9-10,23-24,26-28H,8,11-22H2,2-3H3,(H,36,37,39)/t24?,27-,28+,34?/m0/s1. The van der Waals surface area contributed by atoms with Gasteiger partial charge >= 0.3 is 0 Å². The lowest BCUT2D eigenvalue weighted by molar-refractivity contribution is 0.0928. The van der Waals surface area contributed by atoms with Crippen molar-refractivity contribution in [2.24, 2.45) is 17.3 Å². The van der Waals surface area contributed by atoms with Crippen molar-refractivity contribution >= 4 is 32.8 Å². The molecule has 45 heavy (non-hydrogen) atoms. The largest absolute Gasteiger partial charge is 0.377 e. The number of terminal acetylenes is 1. The molecular weight excluding hydrogens is 584 g/mol. The fraction of sp³-hybridized carbons (Fsp3) is 0.629. The number of aromatic nitrogens is 4. The van der Waals surface area contributed by atoms with Crippen molar-refractivity contribution in [1.29, 1.82) is 0 Å². The number of imidazole rings is 1. The summed E-state index contributed by atoms with van der Waals surface area (Å²) in [4.78, 5) is 17.2. The number of nitrogens with one attached hydrogen (secondary N) is 1. The van der Waals surface area contributed by atoms with Gasteiger partial charge in [0.2, 0.25) is 15.8 Å². The van der Waals surface area contributed by atoms with Crippen LogP contribution in [0.3, 0.4) is 0 Å². The van der Waals surface area contributed by atoms with Gasteiger partial charge in [-0.3, -0.25) is 0 Å². The number of fused-ring (bicyclic) bond motifs is 1. The summed E-state index contributed by atoms with van der Waals surface area (Å²) in [7, 11) is -3.72. The fourth-order valence-corrected chi connectivity index (χ4v) is 9.10. The van der Waals surface area contributed by atoms with Crippen LogP contribution in [0, 0.1) is 29.6 Å². The summed E-state index contributed by atoms with van der Waals surface area (Å²) in [5, 5.41) is 3.11. The Balaban J connectivity index is 1.31. The van der Waals surface area contributed by atoms with Crippen molar-refractivity contribution in [3.05, 3.63) is 35.9 Å². The second-order valence-electron chi connectivity index (χ2n) is 14.5. The molecule has 5 fully saturated rings. The van der Waals surface area contributed by atoms with Crippen molar-refractivity contribution in [2.45, 2.75) is 106 Å². The minimum atomic E-state index is -3.72. The van der Waals surface area contributed by atoms with Crippen LogP contribution in [0.5, 0.6) is 0 Å². The van der Waals surface area contributed by atoms with Crippen LogP contribution in [0.25, 0.3) is 11.2 Å². The van der Waals surface area contributed by atoms with Crippen LogP contribution in [0.1, 0.15) is 95.7 Å². The highest BCUT2D eigenvalue weighted by Gasteiger charge is 2.58. The first-order valence-corrected chi connectivity index (χ1v) is 18.5. The van der Waals surface area contributed by atoms with E-state index in [1.165, 1.54) is 24.8 Å². The normalized spacial score (nSPS) is 29.5. The monoisotopic (exact) mass is 628 g/mol. The van der Waals surface area contributed by atoms with Gasteiger partial charge < -0.3 is 19.5 Å². The predicted octanol–water partition coefficient (Wildman–Crippen LogP) is 6.09. The number of hydrogen-bond donors (Lipinski definition) is 1. The van der Waals surface area contributed by atoms with E-state index < -0.39 is 15.1 Å². The molecule has 1 N–H and O–H groups in total. The lowest BCUT2D eigenvalue weighted by Gasteiger charge is -2.37. The zero-order valence-corrected chi connectivity index (χ0v) is 27.2. The van der Waals surface area contributed by atoms with Gasteiger partial charge in [-0.15, -0.1) is 12.3 Å². The maximum atomic E-state index is 13.6. The molecule has 1 aromatic carbocycles. The second-order valence-corrected chi connectivity index (χ2v) is 16.9. The first-order chi connectivity index (χ1) is 21.7. The Labute approximate surface area is 266 Å². The van der Waals surface area contributed by atoms with E-state index in [9.17, 15) is 8.42 Å². The predicted molar refractivity (Wildman–Crippen MR) is 175 cm³/mol. The smallest absolute Gasteiger partial charge is 0.251 e. The zero-order chi connectivity index (χ0) is 31.0. The Hall–Kier alpha value is -3.16. The Morgan fingerprint density at radius 2 is 1.80 bits per heavy atom. The summed E-state index contributed by atoms with van der Waals surface area (Å²) in [6.07, 6.45) is 17.0. The molecule has 1 spiro atoms. The number of sulfone groups is 1. The number of anilines is 2. The van der Waals surface area contributed by atoms with Crippen molar-refractivity contribution in [3.63, 3.8) is 0 Å². The van der Waals surface area contributed by atoms with Crippen molar-refractivity contribution in [3.8, 4) is 12.3 Å². The molecule has 5 aliphatic rings. The summed E-state index contributed by atoms with van der Waals surface area (Å²) in [5.74, 6) is 5.41. The lowest BCUT2D eigenvalue weighted by Crippen LogP contribution is -2.41. The summed E-state index contributed by atoms with van der Waals surface area (Å²) in [6, 6.07) is 10.7. The number of nitrogens with zero attached hydrogens (tertiary/aromatic N) is 5.